The van der Waals surface area contributed by atoms with Crippen LogP contribution < -0.4 is 4.74 Å². The molecule has 0 spiro atoms. The summed E-state index contributed by atoms with van der Waals surface area (Å²) in [5, 5.41) is 0. The SMILES string of the molecule is COC(=O)C1C(c2ccc(OC)cc2)[C@H]1C(=O)OC. The van der Waals surface area contributed by atoms with Crippen molar-refractivity contribution in [2.45, 2.75) is 5.92 Å². The predicted octanol–water partition coefficient (Wildman–Crippen LogP) is 1.37. The number of benzene rings is 1. The summed E-state index contributed by atoms with van der Waals surface area (Å²) < 4.78 is 14.5. The minimum atomic E-state index is -0.453. The van der Waals surface area contributed by atoms with Crippen LogP contribution in [0, 0.1) is 11.8 Å². The van der Waals surface area contributed by atoms with Crippen molar-refractivity contribution in [3.63, 3.8) is 0 Å². The lowest BCUT2D eigenvalue weighted by molar-refractivity contribution is -0.148. The van der Waals surface area contributed by atoms with E-state index in [4.69, 9.17) is 14.2 Å². The first-order valence-corrected chi connectivity index (χ1v) is 5.93. The number of methoxy groups -OCH3 is 3. The zero-order valence-electron chi connectivity index (χ0n) is 11.1. The summed E-state index contributed by atoms with van der Waals surface area (Å²) >= 11 is 0. The van der Waals surface area contributed by atoms with E-state index < -0.39 is 11.8 Å². The third-order valence-corrected chi connectivity index (χ3v) is 3.47. The normalized spacial score (nSPS) is 24.5. The van der Waals surface area contributed by atoms with E-state index in [1.807, 2.05) is 12.1 Å². The fraction of sp³-hybridized carbons (Fsp3) is 0.429. The van der Waals surface area contributed by atoms with Crippen LogP contribution in [0.2, 0.25) is 0 Å². The molecule has 2 rings (SSSR count). The van der Waals surface area contributed by atoms with Gasteiger partial charge in [-0.2, -0.15) is 0 Å². The van der Waals surface area contributed by atoms with Crippen LogP contribution in [0.4, 0.5) is 0 Å². The molecule has 1 fully saturated rings. The molecule has 0 amide bonds. The van der Waals surface area contributed by atoms with Gasteiger partial charge in [0.05, 0.1) is 33.2 Å². The number of ether oxygens (including phenoxy) is 3. The molecule has 5 nitrogen and oxygen atoms in total. The number of esters is 2. The molecule has 0 saturated heterocycles. The third kappa shape index (κ3) is 2.41. The Morgan fingerprint density at radius 2 is 1.37 bits per heavy atom. The van der Waals surface area contributed by atoms with Gasteiger partial charge in [0, 0.05) is 5.92 Å². The molecular weight excluding hydrogens is 248 g/mol. The molecule has 1 saturated carbocycles. The predicted molar refractivity (Wildman–Crippen MR) is 66.7 cm³/mol. The molecule has 102 valence electrons. The first-order valence-electron chi connectivity index (χ1n) is 5.93. The molecule has 5 heteroatoms. The van der Waals surface area contributed by atoms with Gasteiger partial charge in [0.2, 0.25) is 0 Å². The molecule has 1 aliphatic rings. The van der Waals surface area contributed by atoms with Gasteiger partial charge in [-0.1, -0.05) is 12.1 Å². The molecule has 1 aromatic carbocycles. The Balaban J connectivity index is 2.21. The summed E-state index contributed by atoms with van der Waals surface area (Å²) in [5.41, 5.74) is 0.909. The second-order valence-corrected chi connectivity index (χ2v) is 4.40. The van der Waals surface area contributed by atoms with E-state index in [-0.39, 0.29) is 17.9 Å². The van der Waals surface area contributed by atoms with Crippen LogP contribution in [0.25, 0.3) is 0 Å². The van der Waals surface area contributed by atoms with Gasteiger partial charge in [0.15, 0.2) is 0 Å². The summed E-state index contributed by atoms with van der Waals surface area (Å²) in [5.74, 6) is -1.11. The molecule has 0 aliphatic heterocycles. The zero-order valence-corrected chi connectivity index (χ0v) is 11.1. The lowest BCUT2D eigenvalue weighted by atomic mass is 10.1. The molecule has 2 unspecified atom stereocenters. The number of carbonyl (C=O) groups excluding carboxylic acids is 2. The molecule has 0 N–H and O–H groups in total. The summed E-state index contributed by atoms with van der Waals surface area (Å²) in [6, 6.07) is 7.30. The van der Waals surface area contributed by atoms with Gasteiger partial charge >= 0.3 is 11.9 Å². The molecule has 1 aromatic rings. The molecule has 19 heavy (non-hydrogen) atoms. The van der Waals surface area contributed by atoms with Gasteiger partial charge < -0.3 is 14.2 Å². The Hall–Kier alpha value is -2.04. The minimum absolute atomic E-state index is 0.175. The number of rotatable bonds is 4. The average molecular weight is 264 g/mol. The highest BCUT2D eigenvalue weighted by atomic mass is 16.5. The van der Waals surface area contributed by atoms with E-state index >= 15 is 0 Å². The smallest absolute Gasteiger partial charge is 0.310 e. The molecule has 0 bridgehead atoms. The van der Waals surface area contributed by atoms with Gasteiger partial charge in [0.1, 0.15) is 5.75 Å². The van der Waals surface area contributed by atoms with E-state index in [1.165, 1.54) is 14.2 Å². The summed E-state index contributed by atoms with van der Waals surface area (Å²) in [6.07, 6.45) is 0. The minimum Gasteiger partial charge on any atom is -0.497 e. The Morgan fingerprint density at radius 1 is 0.895 bits per heavy atom. The lowest BCUT2D eigenvalue weighted by Gasteiger charge is -2.02. The van der Waals surface area contributed by atoms with Crippen LogP contribution in [0.5, 0.6) is 5.75 Å². The topological polar surface area (TPSA) is 61.8 Å². The van der Waals surface area contributed by atoms with E-state index in [0.29, 0.717) is 0 Å². The Kier molecular flexibility index (Phi) is 3.74. The highest BCUT2D eigenvalue weighted by Gasteiger charge is 2.61. The first-order chi connectivity index (χ1) is 9.13. The van der Waals surface area contributed by atoms with Crippen LogP contribution in [0.1, 0.15) is 11.5 Å². The number of hydrogen-bond donors (Lipinski definition) is 0. The van der Waals surface area contributed by atoms with Crippen molar-refractivity contribution in [2.75, 3.05) is 21.3 Å². The van der Waals surface area contributed by atoms with Crippen molar-refractivity contribution in [3.8, 4) is 5.75 Å². The summed E-state index contributed by atoms with van der Waals surface area (Å²) in [7, 11) is 4.22. The fourth-order valence-electron chi connectivity index (χ4n) is 2.41. The summed E-state index contributed by atoms with van der Waals surface area (Å²) in [6.45, 7) is 0. The largest absolute Gasteiger partial charge is 0.497 e. The third-order valence-electron chi connectivity index (χ3n) is 3.47. The van der Waals surface area contributed by atoms with Crippen molar-refractivity contribution in [1.82, 2.24) is 0 Å². The quantitative estimate of drug-likeness (QED) is 0.769. The number of carbonyl (C=O) groups is 2. The highest BCUT2D eigenvalue weighted by molar-refractivity contribution is 5.90. The van der Waals surface area contributed by atoms with Crippen molar-refractivity contribution in [2.24, 2.45) is 11.8 Å². The van der Waals surface area contributed by atoms with Crippen molar-refractivity contribution >= 4 is 11.9 Å². The maximum absolute atomic E-state index is 11.7. The van der Waals surface area contributed by atoms with Crippen LogP contribution >= 0.6 is 0 Å². The maximum atomic E-state index is 11.7. The van der Waals surface area contributed by atoms with Crippen molar-refractivity contribution in [3.05, 3.63) is 29.8 Å². The Morgan fingerprint density at radius 3 is 1.74 bits per heavy atom. The molecule has 1 aliphatic carbocycles. The monoisotopic (exact) mass is 264 g/mol. The van der Waals surface area contributed by atoms with Gasteiger partial charge in [-0.3, -0.25) is 9.59 Å². The highest BCUT2D eigenvalue weighted by Crippen LogP contribution is 2.55. The van der Waals surface area contributed by atoms with Crippen molar-refractivity contribution < 1.29 is 23.8 Å². The lowest BCUT2D eigenvalue weighted by Crippen LogP contribution is -2.10. The zero-order chi connectivity index (χ0) is 14.0. The van der Waals surface area contributed by atoms with Gasteiger partial charge in [-0.15, -0.1) is 0 Å². The van der Waals surface area contributed by atoms with Gasteiger partial charge in [-0.25, -0.2) is 0 Å². The van der Waals surface area contributed by atoms with E-state index in [9.17, 15) is 9.59 Å². The Labute approximate surface area is 111 Å². The van der Waals surface area contributed by atoms with E-state index in [1.54, 1.807) is 19.2 Å². The number of hydrogen-bond acceptors (Lipinski definition) is 5. The molecule has 0 heterocycles. The van der Waals surface area contributed by atoms with Crippen LogP contribution in [0.3, 0.4) is 0 Å². The van der Waals surface area contributed by atoms with Crippen molar-refractivity contribution in [1.29, 1.82) is 0 Å². The van der Waals surface area contributed by atoms with Gasteiger partial charge in [0.25, 0.3) is 0 Å². The first kappa shape index (κ1) is 13.4. The second kappa shape index (κ2) is 5.30. The Bertz CT molecular complexity index is 457. The standard InChI is InChI=1S/C14H16O5/c1-17-9-6-4-8(5-7-9)10-11(13(15)18-2)12(10)14(16)19-3/h4-7,10-12H,1-3H3/t10?,11-,12?/m1/s1. The molecule has 0 aromatic heterocycles. The fourth-order valence-corrected chi connectivity index (χ4v) is 2.41. The van der Waals surface area contributed by atoms with Crippen LogP contribution in [-0.4, -0.2) is 33.3 Å². The molecule has 0 radical (unpaired) electrons. The molecular formula is C14H16O5. The molecule has 3 atom stereocenters. The second-order valence-electron chi connectivity index (χ2n) is 4.40. The average Bonchev–Trinajstić information content (AvgIpc) is 3.21. The summed E-state index contributed by atoms with van der Waals surface area (Å²) in [4.78, 5) is 23.3. The van der Waals surface area contributed by atoms with Gasteiger partial charge in [-0.05, 0) is 17.7 Å². The maximum Gasteiger partial charge on any atom is 0.310 e. The van der Waals surface area contributed by atoms with E-state index in [2.05, 4.69) is 0 Å². The van der Waals surface area contributed by atoms with Crippen LogP contribution in [0.15, 0.2) is 24.3 Å². The van der Waals surface area contributed by atoms with E-state index in [0.717, 1.165) is 11.3 Å². The van der Waals surface area contributed by atoms with Crippen LogP contribution in [-0.2, 0) is 19.1 Å².